The maximum absolute atomic E-state index is 12.2. The average Bonchev–Trinajstić information content (AvgIpc) is 3.10. The first-order valence-corrected chi connectivity index (χ1v) is 21.7. The predicted molar refractivity (Wildman–Crippen MR) is 210 cm³/mol. The van der Waals surface area contributed by atoms with Crippen LogP contribution in [0.15, 0.2) is 12.2 Å². The Balaban J connectivity index is 3.49. The van der Waals surface area contributed by atoms with Gasteiger partial charge in [-0.1, -0.05) is 199 Å². The number of rotatable bonds is 40. The van der Waals surface area contributed by atoms with Crippen molar-refractivity contribution in [3.63, 3.8) is 0 Å². The second-order valence-electron chi connectivity index (χ2n) is 14.8. The van der Waals surface area contributed by atoms with Gasteiger partial charge in [-0.2, -0.15) is 0 Å². The number of unbranched alkanes of at least 4 members (excludes halogenated alkanes) is 30. The molecule has 0 radical (unpaired) electrons. The van der Waals surface area contributed by atoms with Crippen molar-refractivity contribution in [1.82, 2.24) is 0 Å². The molecular formula is C44H84O5. The number of esters is 2. The lowest BCUT2D eigenvalue weighted by molar-refractivity contribution is -0.161. The summed E-state index contributed by atoms with van der Waals surface area (Å²) >= 11 is 0. The fourth-order valence-electron chi connectivity index (χ4n) is 6.49. The molecule has 0 unspecified atom stereocenters. The largest absolute Gasteiger partial charge is 0.462 e. The zero-order chi connectivity index (χ0) is 35.7. The molecule has 0 aromatic carbocycles. The van der Waals surface area contributed by atoms with E-state index in [0.29, 0.717) is 12.8 Å². The Bertz CT molecular complexity index is 705. The lowest BCUT2D eigenvalue weighted by Crippen LogP contribution is -2.28. The molecule has 0 bridgehead atoms. The highest BCUT2D eigenvalue weighted by atomic mass is 16.6. The van der Waals surface area contributed by atoms with Crippen LogP contribution < -0.4 is 0 Å². The van der Waals surface area contributed by atoms with E-state index < -0.39 is 6.10 Å². The highest BCUT2D eigenvalue weighted by Crippen LogP contribution is 2.15. The summed E-state index contributed by atoms with van der Waals surface area (Å²) in [7, 11) is 0. The van der Waals surface area contributed by atoms with Gasteiger partial charge in [0.05, 0.1) is 6.61 Å². The standard InChI is InChI=1S/C44H84O5/c1-3-5-7-9-11-13-15-17-19-21-22-23-25-27-29-31-33-35-37-39-44(47)49-42(40-45)41-48-43(46)38-36-34-32-30-28-26-24-20-18-16-14-12-10-8-6-4-2/h17,19,42,45H,3-16,18,20-41H2,1-2H3/b19-17-/t42-/m0/s1. The third-order valence-corrected chi connectivity index (χ3v) is 9.81. The van der Waals surface area contributed by atoms with Gasteiger partial charge in [-0.15, -0.1) is 0 Å². The van der Waals surface area contributed by atoms with E-state index in [2.05, 4.69) is 26.0 Å². The summed E-state index contributed by atoms with van der Waals surface area (Å²) in [5.74, 6) is -0.579. The molecule has 0 aliphatic heterocycles. The molecule has 0 amide bonds. The number of aliphatic hydroxyl groups is 1. The number of ether oxygens (including phenoxy) is 2. The topological polar surface area (TPSA) is 72.8 Å². The lowest BCUT2D eigenvalue weighted by atomic mass is 10.0. The van der Waals surface area contributed by atoms with E-state index >= 15 is 0 Å². The number of allylic oxidation sites excluding steroid dienone is 2. The molecule has 0 aromatic heterocycles. The summed E-state index contributed by atoms with van der Waals surface area (Å²) in [5.41, 5.74) is 0. The molecule has 1 N–H and O–H groups in total. The predicted octanol–water partition coefficient (Wildman–Crippen LogP) is 13.7. The van der Waals surface area contributed by atoms with Crippen LogP contribution in [-0.4, -0.2) is 36.4 Å². The summed E-state index contributed by atoms with van der Waals surface area (Å²) in [5, 5.41) is 9.58. The van der Waals surface area contributed by atoms with Crippen molar-refractivity contribution in [3.05, 3.63) is 12.2 Å². The Hall–Kier alpha value is -1.36. The van der Waals surface area contributed by atoms with Gasteiger partial charge in [0.25, 0.3) is 0 Å². The molecule has 0 rings (SSSR count). The minimum Gasteiger partial charge on any atom is -0.462 e. The maximum atomic E-state index is 12.2. The Morgan fingerprint density at radius 3 is 1.10 bits per heavy atom. The number of hydrogen-bond acceptors (Lipinski definition) is 5. The summed E-state index contributed by atoms with van der Waals surface area (Å²) in [4.78, 5) is 24.3. The highest BCUT2D eigenvalue weighted by Gasteiger charge is 2.16. The Kier molecular flexibility index (Phi) is 39.9. The minimum atomic E-state index is -0.766. The summed E-state index contributed by atoms with van der Waals surface area (Å²) < 4.78 is 10.6. The third-order valence-electron chi connectivity index (χ3n) is 9.81. The first kappa shape index (κ1) is 47.6. The summed E-state index contributed by atoms with van der Waals surface area (Å²) in [6, 6.07) is 0. The van der Waals surface area contributed by atoms with Crippen LogP contribution in [0.5, 0.6) is 0 Å². The van der Waals surface area contributed by atoms with Gasteiger partial charge in [0, 0.05) is 12.8 Å². The third kappa shape index (κ3) is 39.3. The first-order chi connectivity index (χ1) is 24.1. The minimum absolute atomic E-state index is 0.0601. The monoisotopic (exact) mass is 693 g/mol. The Morgan fingerprint density at radius 1 is 0.449 bits per heavy atom. The number of hydrogen-bond donors (Lipinski definition) is 1. The molecule has 1 atom stereocenters. The van der Waals surface area contributed by atoms with Gasteiger partial charge in [0.2, 0.25) is 0 Å². The SMILES string of the molecule is CCCCCCCC/C=C\CCCCCCCCCCCC(=O)O[C@@H](CO)COC(=O)CCCCCCCCCCCCCCCCCC. The Labute approximate surface area is 305 Å². The molecule has 0 aromatic rings. The zero-order valence-corrected chi connectivity index (χ0v) is 33.0. The molecule has 0 aliphatic rings. The molecular weight excluding hydrogens is 608 g/mol. The molecule has 0 spiro atoms. The van der Waals surface area contributed by atoms with Gasteiger partial charge < -0.3 is 14.6 Å². The molecule has 49 heavy (non-hydrogen) atoms. The van der Waals surface area contributed by atoms with E-state index in [0.717, 1.165) is 32.1 Å². The van der Waals surface area contributed by atoms with Gasteiger partial charge in [0.1, 0.15) is 6.61 Å². The van der Waals surface area contributed by atoms with Crippen molar-refractivity contribution in [2.75, 3.05) is 13.2 Å². The fraction of sp³-hybridized carbons (Fsp3) is 0.909. The van der Waals surface area contributed by atoms with Gasteiger partial charge in [-0.3, -0.25) is 9.59 Å². The Morgan fingerprint density at radius 2 is 0.755 bits per heavy atom. The van der Waals surface area contributed by atoms with E-state index in [9.17, 15) is 14.7 Å². The van der Waals surface area contributed by atoms with Crippen LogP contribution >= 0.6 is 0 Å². The van der Waals surface area contributed by atoms with Crippen LogP contribution in [0.1, 0.15) is 239 Å². The molecule has 0 aliphatic carbocycles. The number of carbonyl (C=O) groups excluding carboxylic acids is 2. The normalized spacial score (nSPS) is 12.1. The lowest BCUT2D eigenvalue weighted by Gasteiger charge is -2.15. The number of aliphatic hydroxyl groups excluding tert-OH is 1. The molecule has 0 saturated carbocycles. The van der Waals surface area contributed by atoms with E-state index in [1.54, 1.807) is 0 Å². The molecule has 0 saturated heterocycles. The van der Waals surface area contributed by atoms with Crippen molar-refractivity contribution in [1.29, 1.82) is 0 Å². The van der Waals surface area contributed by atoms with Crippen LogP contribution in [-0.2, 0) is 19.1 Å². The van der Waals surface area contributed by atoms with Crippen LogP contribution in [0, 0.1) is 0 Å². The molecule has 0 fully saturated rings. The molecule has 5 heteroatoms. The quantitative estimate of drug-likeness (QED) is 0.0393. The van der Waals surface area contributed by atoms with E-state index in [4.69, 9.17) is 9.47 Å². The van der Waals surface area contributed by atoms with Crippen molar-refractivity contribution >= 4 is 11.9 Å². The van der Waals surface area contributed by atoms with Gasteiger partial charge >= 0.3 is 11.9 Å². The molecule has 290 valence electrons. The van der Waals surface area contributed by atoms with E-state index in [1.807, 2.05) is 0 Å². The van der Waals surface area contributed by atoms with Crippen LogP contribution in [0.3, 0.4) is 0 Å². The van der Waals surface area contributed by atoms with Crippen molar-refractivity contribution < 1.29 is 24.2 Å². The van der Waals surface area contributed by atoms with Crippen LogP contribution in [0.4, 0.5) is 0 Å². The first-order valence-electron chi connectivity index (χ1n) is 21.7. The fourth-order valence-corrected chi connectivity index (χ4v) is 6.49. The second kappa shape index (κ2) is 41.1. The summed E-state index contributed by atoms with van der Waals surface area (Å²) in [6.07, 6.45) is 47.1. The van der Waals surface area contributed by atoms with Crippen molar-refractivity contribution in [2.24, 2.45) is 0 Å². The maximum Gasteiger partial charge on any atom is 0.306 e. The zero-order valence-electron chi connectivity index (χ0n) is 33.0. The van der Waals surface area contributed by atoms with Gasteiger partial charge in [-0.05, 0) is 38.5 Å². The summed E-state index contributed by atoms with van der Waals surface area (Å²) in [6.45, 7) is 4.16. The number of carbonyl (C=O) groups is 2. The van der Waals surface area contributed by atoms with Crippen molar-refractivity contribution in [3.8, 4) is 0 Å². The smallest absolute Gasteiger partial charge is 0.306 e. The van der Waals surface area contributed by atoms with Crippen molar-refractivity contribution in [2.45, 2.75) is 245 Å². The average molecular weight is 693 g/mol. The van der Waals surface area contributed by atoms with Crippen LogP contribution in [0.25, 0.3) is 0 Å². The van der Waals surface area contributed by atoms with Gasteiger partial charge in [-0.25, -0.2) is 0 Å². The van der Waals surface area contributed by atoms with Gasteiger partial charge in [0.15, 0.2) is 6.10 Å². The van der Waals surface area contributed by atoms with E-state index in [1.165, 1.54) is 180 Å². The molecule has 0 heterocycles. The highest BCUT2D eigenvalue weighted by molar-refractivity contribution is 5.70. The molecule has 5 nitrogen and oxygen atoms in total. The van der Waals surface area contributed by atoms with E-state index in [-0.39, 0.29) is 25.2 Å². The second-order valence-corrected chi connectivity index (χ2v) is 14.8. The van der Waals surface area contributed by atoms with Crippen LogP contribution in [0.2, 0.25) is 0 Å².